The van der Waals surface area contributed by atoms with Crippen LogP contribution in [-0.2, 0) is 0 Å². The van der Waals surface area contributed by atoms with E-state index in [-0.39, 0.29) is 5.91 Å². The van der Waals surface area contributed by atoms with Crippen molar-refractivity contribution in [3.8, 4) is 0 Å². The molecule has 0 fully saturated rings. The summed E-state index contributed by atoms with van der Waals surface area (Å²) < 4.78 is 0. The van der Waals surface area contributed by atoms with Crippen LogP contribution in [0.5, 0.6) is 0 Å². The molecule has 0 spiro atoms. The summed E-state index contributed by atoms with van der Waals surface area (Å²) in [5.41, 5.74) is 5.28. The van der Waals surface area contributed by atoms with Crippen LogP contribution in [0.15, 0.2) is 54.9 Å². The first-order valence-corrected chi connectivity index (χ1v) is 8.05. The highest BCUT2D eigenvalue weighted by atomic mass is 16.1. The van der Waals surface area contributed by atoms with E-state index in [9.17, 15) is 4.79 Å². The molecule has 0 saturated heterocycles. The zero-order valence-electron chi connectivity index (χ0n) is 14.5. The van der Waals surface area contributed by atoms with E-state index in [0.29, 0.717) is 11.5 Å². The molecule has 2 aromatic carbocycles. The number of carbonyl (C=O) groups is 1. The van der Waals surface area contributed by atoms with Crippen molar-refractivity contribution in [1.82, 2.24) is 9.97 Å². The van der Waals surface area contributed by atoms with Crippen LogP contribution in [0.3, 0.4) is 0 Å². The van der Waals surface area contributed by atoms with Gasteiger partial charge in [-0.05, 0) is 50.1 Å². The molecular formula is C20H20N4O. The Balaban J connectivity index is 1.77. The molecule has 1 amide bonds. The largest absolute Gasteiger partial charge is 0.340 e. The van der Waals surface area contributed by atoms with Crippen LogP contribution < -0.4 is 10.6 Å². The Bertz CT molecular complexity index is 904. The number of carbonyl (C=O) groups excluding carboxylic acids is 1. The molecule has 0 saturated carbocycles. The third kappa shape index (κ3) is 4.20. The van der Waals surface area contributed by atoms with Crippen molar-refractivity contribution >= 4 is 23.1 Å². The summed E-state index contributed by atoms with van der Waals surface area (Å²) in [6.45, 7) is 5.98. The fraction of sp³-hybridized carbons (Fsp3) is 0.150. The fourth-order valence-corrected chi connectivity index (χ4v) is 2.39. The second-order valence-corrected chi connectivity index (χ2v) is 6.05. The number of hydrogen-bond acceptors (Lipinski definition) is 4. The molecule has 25 heavy (non-hydrogen) atoms. The lowest BCUT2D eigenvalue weighted by Gasteiger charge is -2.10. The Morgan fingerprint density at radius 3 is 2.36 bits per heavy atom. The van der Waals surface area contributed by atoms with Gasteiger partial charge in [0.05, 0.1) is 0 Å². The smallest absolute Gasteiger partial charge is 0.274 e. The highest BCUT2D eigenvalue weighted by Gasteiger charge is 2.11. The van der Waals surface area contributed by atoms with Crippen LogP contribution in [0, 0.1) is 20.8 Å². The van der Waals surface area contributed by atoms with Crippen molar-refractivity contribution in [3.63, 3.8) is 0 Å². The quantitative estimate of drug-likeness (QED) is 0.743. The van der Waals surface area contributed by atoms with Gasteiger partial charge in [-0.15, -0.1) is 0 Å². The van der Waals surface area contributed by atoms with E-state index < -0.39 is 0 Å². The number of benzene rings is 2. The topological polar surface area (TPSA) is 66.9 Å². The van der Waals surface area contributed by atoms with E-state index >= 15 is 0 Å². The summed E-state index contributed by atoms with van der Waals surface area (Å²) in [6.07, 6.45) is 1.38. The van der Waals surface area contributed by atoms with Crippen molar-refractivity contribution < 1.29 is 4.79 Å². The Kier molecular flexibility index (Phi) is 4.75. The number of hydrogen-bond donors (Lipinski definition) is 2. The van der Waals surface area contributed by atoms with Crippen molar-refractivity contribution in [1.29, 1.82) is 0 Å². The lowest BCUT2D eigenvalue weighted by Crippen LogP contribution is -2.15. The molecule has 3 aromatic rings. The molecule has 2 N–H and O–H groups in total. The van der Waals surface area contributed by atoms with Gasteiger partial charge in [0.25, 0.3) is 5.91 Å². The molecule has 0 aliphatic rings. The highest BCUT2D eigenvalue weighted by molar-refractivity contribution is 6.03. The monoisotopic (exact) mass is 332 g/mol. The third-order valence-electron chi connectivity index (χ3n) is 3.86. The minimum atomic E-state index is -0.261. The average Bonchev–Trinajstić information content (AvgIpc) is 2.60. The van der Waals surface area contributed by atoms with E-state index in [2.05, 4.69) is 20.6 Å². The number of anilines is 3. The summed E-state index contributed by atoms with van der Waals surface area (Å²) in [5, 5.41) is 6.09. The Morgan fingerprint density at radius 2 is 1.60 bits per heavy atom. The maximum atomic E-state index is 12.5. The number of rotatable bonds is 4. The zero-order chi connectivity index (χ0) is 17.8. The van der Waals surface area contributed by atoms with E-state index in [1.54, 1.807) is 6.07 Å². The van der Waals surface area contributed by atoms with Gasteiger partial charge < -0.3 is 10.6 Å². The van der Waals surface area contributed by atoms with E-state index in [1.807, 2.05) is 63.2 Å². The standard InChI is InChI=1S/C20H20N4O/c1-13-5-8-16(9-6-13)23-19-11-18(21-12-22-19)20(25)24-17-10-14(2)4-7-15(17)3/h4-12H,1-3H3,(H,24,25)(H,21,22,23). The summed E-state index contributed by atoms with van der Waals surface area (Å²) in [4.78, 5) is 20.8. The van der Waals surface area contributed by atoms with Crippen molar-refractivity contribution in [2.24, 2.45) is 0 Å². The first-order chi connectivity index (χ1) is 12.0. The van der Waals surface area contributed by atoms with Gasteiger partial charge >= 0.3 is 0 Å². The van der Waals surface area contributed by atoms with Crippen LogP contribution in [0.2, 0.25) is 0 Å². The van der Waals surface area contributed by atoms with E-state index in [4.69, 9.17) is 0 Å². The summed E-state index contributed by atoms with van der Waals surface area (Å²) in [6, 6.07) is 15.5. The third-order valence-corrected chi connectivity index (χ3v) is 3.86. The van der Waals surface area contributed by atoms with Gasteiger partial charge in [-0.2, -0.15) is 0 Å². The predicted octanol–water partition coefficient (Wildman–Crippen LogP) is 4.40. The Labute approximate surface area is 147 Å². The van der Waals surface area contributed by atoms with Gasteiger partial charge in [0.15, 0.2) is 0 Å². The molecule has 126 valence electrons. The highest BCUT2D eigenvalue weighted by Crippen LogP contribution is 2.18. The Hall–Kier alpha value is -3.21. The first kappa shape index (κ1) is 16.6. The SMILES string of the molecule is Cc1ccc(Nc2cc(C(=O)Nc3cc(C)ccc3C)ncn2)cc1. The van der Waals surface area contributed by atoms with Crippen LogP contribution in [0.4, 0.5) is 17.2 Å². The minimum absolute atomic E-state index is 0.261. The zero-order valence-corrected chi connectivity index (χ0v) is 14.5. The molecule has 5 heteroatoms. The Morgan fingerprint density at radius 1 is 0.880 bits per heavy atom. The molecule has 0 unspecified atom stereocenters. The number of nitrogens with one attached hydrogen (secondary N) is 2. The molecule has 0 aliphatic heterocycles. The molecule has 1 aromatic heterocycles. The van der Waals surface area contributed by atoms with E-state index in [0.717, 1.165) is 22.5 Å². The van der Waals surface area contributed by atoms with Gasteiger partial charge in [-0.3, -0.25) is 4.79 Å². The normalized spacial score (nSPS) is 10.4. The van der Waals surface area contributed by atoms with Gasteiger partial charge in [-0.1, -0.05) is 29.8 Å². The first-order valence-electron chi connectivity index (χ1n) is 8.05. The van der Waals surface area contributed by atoms with Crippen LogP contribution in [-0.4, -0.2) is 15.9 Å². The summed E-state index contributed by atoms with van der Waals surface area (Å²) in [7, 11) is 0. The number of nitrogens with zero attached hydrogens (tertiary/aromatic N) is 2. The summed E-state index contributed by atoms with van der Waals surface area (Å²) in [5.74, 6) is 0.313. The maximum Gasteiger partial charge on any atom is 0.274 e. The molecule has 0 atom stereocenters. The van der Waals surface area contributed by atoms with Gasteiger partial charge in [0, 0.05) is 17.4 Å². The van der Waals surface area contributed by atoms with Crippen molar-refractivity contribution in [2.45, 2.75) is 20.8 Å². The van der Waals surface area contributed by atoms with Gasteiger partial charge in [0.2, 0.25) is 0 Å². The molecular weight excluding hydrogens is 312 g/mol. The van der Waals surface area contributed by atoms with Crippen LogP contribution in [0.1, 0.15) is 27.2 Å². The molecule has 3 rings (SSSR count). The van der Waals surface area contributed by atoms with Crippen molar-refractivity contribution in [3.05, 3.63) is 77.2 Å². The number of aryl methyl sites for hydroxylation is 3. The average molecular weight is 332 g/mol. The predicted molar refractivity (Wildman–Crippen MR) is 100 cm³/mol. The maximum absolute atomic E-state index is 12.5. The lowest BCUT2D eigenvalue weighted by atomic mass is 10.1. The van der Waals surface area contributed by atoms with Gasteiger partial charge in [-0.25, -0.2) is 9.97 Å². The van der Waals surface area contributed by atoms with Crippen LogP contribution >= 0.6 is 0 Å². The number of amides is 1. The molecule has 1 heterocycles. The van der Waals surface area contributed by atoms with E-state index in [1.165, 1.54) is 11.9 Å². The second-order valence-electron chi connectivity index (χ2n) is 6.05. The fourth-order valence-electron chi connectivity index (χ4n) is 2.39. The van der Waals surface area contributed by atoms with Crippen LogP contribution in [0.25, 0.3) is 0 Å². The number of aromatic nitrogens is 2. The molecule has 0 bridgehead atoms. The lowest BCUT2D eigenvalue weighted by molar-refractivity contribution is 0.102. The summed E-state index contributed by atoms with van der Waals surface area (Å²) >= 11 is 0. The molecule has 0 aliphatic carbocycles. The minimum Gasteiger partial charge on any atom is -0.340 e. The molecule has 0 radical (unpaired) electrons. The van der Waals surface area contributed by atoms with Crippen molar-refractivity contribution in [2.75, 3.05) is 10.6 Å². The second kappa shape index (κ2) is 7.13. The van der Waals surface area contributed by atoms with Gasteiger partial charge in [0.1, 0.15) is 17.8 Å². The molecule has 5 nitrogen and oxygen atoms in total.